The van der Waals surface area contributed by atoms with Gasteiger partial charge in [-0.15, -0.1) is 0 Å². The SMILES string of the molecule is CC(=O)N1CC(CC(=O)NC2CCCCC2)c2ccccc21. The van der Waals surface area contributed by atoms with Crippen molar-refractivity contribution < 1.29 is 9.59 Å². The molecule has 1 saturated carbocycles. The maximum Gasteiger partial charge on any atom is 0.223 e. The molecule has 2 aliphatic rings. The lowest BCUT2D eigenvalue weighted by atomic mass is 9.94. The van der Waals surface area contributed by atoms with Gasteiger partial charge in [-0.1, -0.05) is 37.5 Å². The fourth-order valence-electron chi connectivity index (χ4n) is 3.73. The maximum absolute atomic E-state index is 12.3. The van der Waals surface area contributed by atoms with Crippen LogP contribution < -0.4 is 10.2 Å². The van der Waals surface area contributed by atoms with E-state index < -0.39 is 0 Å². The molecule has 1 aliphatic heterocycles. The highest BCUT2D eigenvalue weighted by molar-refractivity contribution is 5.94. The Morgan fingerprint density at radius 1 is 1.18 bits per heavy atom. The molecule has 1 aliphatic carbocycles. The molecule has 0 spiro atoms. The molecule has 0 aromatic heterocycles. The van der Waals surface area contributed by atoms with Gasteiger partial charge in [-0.2, -0.15) is 0 Å². The summed E-state index contributed by atoms with van der Waals surface area (Å²) < 4.78 is 0. The number of benzene rings is 1. The highest BCUT2D eigenvalue weighted by Crippen LogP contribution is 2.37. The number of amides is 2. The third kappa shape index (κ3) is 3.16. The standard InChI is InChI=1S/C18H24N2O2/c1-13(21)20-12-14(16-9-5-6-10-17(16)20)11-18(22)19-15-7-3-2-4-8-15/h5-6,9-10,14-15H,2-4,7-8,11-12H2,1H3,(H,19,22). The summed E-state index contributed by atoms with van der Waals surface area (Å²) in [4.78, 5) is 25.9. The lowest BCUT2D eigenvalue weighted by molar-refractivity contribution is -0.122. The van der Waals surface area contributed by atoms with Gasteiger partial charge in [0.2, 0.25) is 11.8 Å². The number of rotatable bonds is 3. The molecule has 22 heavy (non-hydrogen) atoms. The molecule has 3 rings (SSSR count). The molecule has 118 valence electrons. The molecule has 4 nitrogen and oxygen atoms in total. The number of nitrogens with one attached hydrogen (secondary N) is 1. The zero-order chi connectivity index (χ0) is 15.5. The van der Waals surface area contributed by atoms with E-state index in [-0.39, 0.29) is 17.7 Å². The quantitative estimate of drug-likeness (QED) is 0.933. The molecule has 4 heteroatoms. The third-order valence-electron chi connectivity index (χ3n) is 4.85. The normalized spacial score (nSPS) is 21.5. The predicted octanol–water partition coefficient (Wildman–Crippen LogP) is 2.98. The molecule has 1 aromatic carbocycles. The average Bonchev–Trinajstić information content (AvgIpc) is 2.87. The Labute approximate surface area is 131 Å². The number of nitrogens with zero attached hydrogens (tertiary/aromatic N) is 1. The summed E-state index contributed by atoms with van der Waals surface area (Å²) >= 11 is 0. The molecular formula is C18H24N2O2. The van der Waals surface area contributed by atoms with Crippen LogP contribution in [0.1, 0.15) is 56.9 Å². The zero-order valence-electron chi connectivity index (χ0n) is 13.2. The number of carbonyl (C=O) groups excluding carboxylic acids is 2. The van der Waals surface area contributed by atoms with E-state index in [9.17, 15) is 9.59 Å². The van der Waals surface area contributed by atoms with Crippen molar-refractivity contribution in [2.24, 2.45) is 0 Å². The highest BCUT2D eigenvalue weighted by atomic mass is 16.2. The minimum atomic E-state index is 0.0441. The second kappa shape index (κ2) is 6.51. The lowest BCUT2D eigenvalue weighted by Crippen LogP contribution is -2.37. The van der Waals surface area contributed by atoms with E-state index in [2.05, 4.69) is 5.32 Å². The summed E-state index contributed by atoms with van der Waals surface area (Å²) in [5.74, 6) is 0.281. The van der Waals surface area contributed by atoms with Crippen molar-refractivity contribution in [3.8, 4) is 0 Å². The number of para-hydroxylation sites is 1. The molecule has 0 radical (unpaired) electrons. The van der Waals surface area contributed by atoms with Crippen LogP contribution in [-0.2, 0) is 9.59 Å². The second-order valence-electron chi connectivity index (χ2n) is 6.49. The highest BCUT2D eigenvalue weighted by Gasteiger charge is 2.32. The Kier molecular flexibility index (Phi) is 4.46. The van der Waals surface area contributed by atoms with E-state index in [4.69, 9.17) is 0 Å². The summed E-state index contributed by atoms with van der Waals surface area (Å²) in [6.45, 7) is 2.20. The van der Waals surface area contributed by atoms with Gasteiger partial charge in [-0.05, 0) is 24.5 Å². The number of fused-ring (bicyclic) bond motifs is 1. The van der Waals surface area contributed by atoms with E-state index >= 15 is 0 Å². The summed E-state index contributed by atoms with van der Waals surface area (Å²) in [6.07, 6.45) is 6.40. The van der Waals surface area contributed by atoms with Gasteiger partial charge in [0, 0.05) is 37.5 Å². The van der Waals surface area contributed by atoms with Crippen LogP contribution in [0, 0.1) is 0 Å². The van der Waals surface area contributed by atoms with Gasteiger partial charge < -0.3 is 10.2 Å². The van der Waals surface area contributed by atoms with Crippen LogP contribution in [0.4, 0.5) is 5.69 Å². The van der Waals surface area contributed by atoms with Crippen LogP contribution in [-0.4, -0.2) is 24.4 Å². The fourth-order valence-corrected chi connectivity index (χ4v) is 3.73. The maximum atomic E-state index is 12.3. The van der Waals surface area contributed by atoms with E-state index in [1.54, 1.807) is 11.8 Å². The predicted molar refractivity (Wildman–Crippen MR) is 86.8 cm³/mol. The van der Waals surface area contributed by atoms with Crippen molar-refractivity contribution >= 4 is 17.5 Å². The first-order valence-electron chi connectivity index (χ1n) is 8.31. The van der Waals surface area contributed by atoms with Crippen LogP contribution >= 0.6 is 0 Å². The van der Waals surface area contributed by atoms with Crippen molar-refractivity contribution in [3.05, 3.63) is 29.8 Å². The van der Waals surface area contributed by atoms with Crippen molar-refractivity contribution in [1.29, 1.82) is 0 Å². The molecule has 1 fully saturated rings. The van der Waals surface area contributed by atoms with E-state index in [1.165, 1.54) is 19.3 Å². The molecule has 1 atom stereocenters. The molecule has 1 heterocycles. The molecule has 2 amide bonds. The Balaban J connectivity index is 1.65. The van der Waals surface area contributed by atoms with Crippen LogP contribution in [0.5, 0.6) is 0 Å². The first-order chi connectivity index (χ1) is 10.6. The Morgan fingerprint density at radius 3 is 2.64 bits per heavy atom. The van der Waals surface area contributed by atoms with E-state index in [0.29, 0.717) is 19.0 Å². The van der Waals surface area contributed by atoms with Gasteiger partial charge in [0.25, 0.3) is 0 Å². The van der Waals surface area contributed by atoms with Gasteiger partial charge in [-0.25, -0.2) is 0 Å². The first-order valence-corrected chi connectivity index (χ1v) is 8.31. The van der Waals surface area contributed by atoms with Crippen LogP contribution in [0.2, 0.25) is 0 Å². The second-order valence-corrected chi connectivity index (χ2v) is 6.49. The minimum absolute atomic E-state index is 0.0441. The Morgan fingerprint density at radius 2 is 1.91 bits per heavy atom. The molecule has 1 N–H and O–H groups in total. The summed E-state index contributed by atoms with van der Waals surface area (Å²) in [5.41, 5.74) is 2.09. The van der Waals surface area contributed by atoms with Crippen LogP contribution in [0.15, 0.2) is 24.3 Å². The topological polar surface area (TPSA) is 49.4 Å². The van der Waals surface area contributed by atoms with Crippen molar-refractivity contribution in [1.82, 2.24) is 5.32 Å². The van der Waals surface area contributed by atoms with E-state index in [1.807, 2.05) is 24.3 Å². The lowest BCUT2D eigenvalue weighted by Gasteiger charge is -2.23. The number of carbonyl (C=O) groups is 2. The number of hydrogen-bond donors (Lipinski definition) is 1. The average molecular weight is 300 g/mol. The zero-order valence-corrected chi connectivity index (χ0v) is 13.2. The van der Waals surface area contributed by atoms with Crippen molar-refractivity contribution in [2.45, 2.75) is 57.4 Å². The van der Waals surface area contributed by atoms with Gasteiger partial charge in [-0.3, -0.25) is 9.59 Å². The first kappa shape index (κ1) is 15.1. The fraction of sp³-hybridized carbons (Fsp3) is 0.556. The molecule has 1 unspecified atom stereocenters. The summed E-state index contributed by atoms with van der Waals surface area (Å²) in [5, 5.41) is 3.18. The van der Waals surface area contributed by atoms with Crippen molar-refractivity contribution in [2.75, 3.05) is 11.4 Å². The Hall–Kier alpha value is -1.84. The summed E-state index contributed by atoms with van der Waals surface area (Å²) in [6, 6.07) is 8.28. The summed E-state index contributed by atoms with van der Waals surface area (Å²) in [7, 11) is 0. The van der Waals surface area contributed by atoms with Gasteiger partial charge >= 0.3 is 0 Å². The largest absolute Gasteiger partial charge is 0.353 e. The minimum Gasteiger partial charge on any atom is -0.353 e. The van der Waals surface area contributed by atoms with Gasteiger partial charge in [0.1, 0.15) is 0 Å². The van der Waals surface area contributed by atoms with E-state index in [0.717, 1.165) is 24.1 Å². The molecule has 1 aromatic rings. The van der Waals surface area contributed by atoms with Crippen LogP contribution in [0.3, 0.4) is 0 Å². The van der Waals surface area contributed by atoms with Crippen molar-refractivity contribution in [3.63, 3.8) is 0 Å². The number of anilines is 1. The number of hydrogen-bond acceptors (Lipinski definition) is 2. The smallest absolute Gasteiger partial charge is 0.223 e. The van der Waals surface area contributed by atoms with Gasteiger partial charge in [0.15, 0.2) is 0 Å². The van der Waals surface area contributed by atoms with Crippen LogP contribution in [0.25, 0.3) is 0 Å². The Bertz CT molecular complexity index is 564. The molecule has 0 bridgehead atoms. The third-order valence-corrected chi connectivity index (χ3v) is 4.85. The molecule has 0 saturated heterocycles. The van der Waals surface area contributed by atoms with Gasteiger partial charge in [0.05, 0.1) is 0 Å². The molecular weight excluding hydrogens is 276 g/mol. The monoisotopic (exact) mass is 300 g/mol.